The number of aryl methyl sites for hydroxylation is 1. The second kappa shape index (κ2) is 22.6. The van der Waals surface area contributed by atoms with E-state index in [1.54, 1.807) is 24.0 Å². The molecule has 18 heteroatoms. The van der Waals surface area contributed by atoms with Gasteiger partial charge in [-0.05, 0) is 127 Å². The van der Waals surface area contributed by atoms with Gasteiger partial charge in [0.1, 0.15) is 34.3 Å². The predicted octanol–water partition coefficient (Wildman–Crippen LogP) is 10.7. The molecule has 18 nitrogen and oxygen atoms in total. The number of amides is 2. The van der Waals surface area contributed by atoms with Crippen LogP contribution in [-0.4, -0.2) is 130 Å². The van der Waals surface area contributed by atoms with Crippen molar-refractivity contribution in [2.24, 2.45) is 5.92 Å². The van der Waals surface area contributed by atoms with Crippen molar-refractivity contribution in [1.82, 2.24) is 39.7 Å². The summed E-state index contributed by atoms with van der Waals surface area (Å²) in [5.41, 5.74) is 6.72. The van der Waals surface area contributed by atoms with Crippen LogP contribution in [0.2, 0.25) is 0 Å². The van der Waals surface area contributed by atoms with Crippen LogP contribution in [0.25, 0.3) is 16.5 Å². The first kappa shape index (κ1) is 51.9. The number of hydrogen-bond acceptors (Lipinski definition) is 16. The Hall–Kier alpha value is -6.98. The molecule has 10 rings (SSSR count). The molecule has 0 atom stereocenters. The van der Waals surface area contributed by atoms with Crippen LogP contribution in [0.1, 0.15) is 122 Å². The second-order valence-corrected chi connectivity index (χ2v) is 21.8. The van der Waals surface area contributed by atoms with Gasteiger partial charge in [-0.1, -0.05) is 25.7 Å². The lowest BCUT2D eigenvalue weighted by Gasteiger charge is -2.36. The van der Waals surface area contributed by atoms with Crippen LogP contribution in [-0.2, 0) is 20.6 Å². The minimum absolute atomic E-state index is 0.251. The van der Waals surface area contributed by atoms with Crippen molar-refractivity contribution in [3.8, 4) is 5.75 Å². The van der Waals surface area contributed by atoms with Gasteiger partial charge in [0.15, 0.2) is 0 Å². The monoisotopic (exact) mass is 1010 g/mol. The van der Waals surface area contributed by atoms with Crippen molar-refractivity contribution in [1.29, 1.82) is 0 Å². The zero-order valence-corrected chi connectivity index (χ0v) is 44.6. The largest absolute Gasteiger partial charge is 0.501 e. The van der Waals surface area contributed by atoms with Gasteiger partial charge in [0.05, 0.1) is 49.2 Å². The molecular weight excluding hydrogens is 937 g/mol. The van der Waals surface area contributed by atoms with E-state index >= 15 is 0 Å². The number of methoxy groups -OCH3 is 2. The van der Waals surface area contributed by atoms with E-state index in [2.05, 4.69) is 40.4 Å². The number of fused-ring (bicyclic) bond motifs is 2. The van der Waals surface area contributed by atoms with Gasteiger partial charge in [-0.2, -0.15) is 0 Å². The zero-order chi connectivity index (χ0) is 52.0. The van der Waals surface area contributed by atoms with Gasteiger partial charge < -0.3 is 49.2 Å². The van der Waals surface area contributed by atoms with E-state index in [4.69, 9.17) is 28.9 Å². The zero-order valence-electron chi connectivity index (χ0n) is 44.6. The number of ether oxygens (including phenoxy) is 4. The number of carbonyl (C=O) groups excluding carboxylic acids is 2. The number of anilines is 6. The number of piperazine rings is 2. The molecule has 74 heavy (non-hydrogen) atoms. The molecule has 2 saturated heterocycles. The Morgan fingerprint density at radius 1 is 0.568 bits per heavy atom. The molecule has 1 aromatic carbocycles. The fourth-order valence-corrected chi connectivity index (χ4v) is 10.7. The molecule has 2 N–H and O–H groups in total. The first-order chi connectivity index (χ1) is 35.6. The molecular formula is C56H74N12O6. The number of pyridine rings is 2. The van der Waals surface area contributed by atoms with Gasteiger partial charge in [-0.3, -0.25) is 0 Å². The van der Waals surface area contributed by atoms with Crippen molar-refractivity contribution in [3.63, 3.8) is 0 Å². The highest BCUT2D eigenvalue weighted by Gasteiger charge is 2.32. The molecule has 5 aliphatic rings. The standard InChI is InChI=1S/C28H38N6O3.C28H36N6O3/c2*1-28(2,3)37-27(35)34-15-13-33(14-16-34)21-10-12-23(29-18-21)31-26-30-17-20-9-11-22(36-4)24(25(20)32-26)19-7-5-6-8-19/h10,12,17-19H,5-9,11,13-16H2,1-4H3,(H,29,30,31,32);9-12,17-19H,5-8,13-16H2,1-4H3,(H,29,30,31,32). The van der Waals surface area contributed by atoms with Crippen LogP contribution in [0, 0.1) is 5.92 Å². The number of carbonyl (C=O) groups is 2. The molecule has 0 unspecified atom stereocenters. The van der Waals surface area contributed by atoms with Crippen molar-refractivity contribution in [2.45, 2.75) is 123 Å². The number of nitrogens with zero attached hydrogens (tertiary/aromatic N) is 10. The van der Waals surface area contributed by atoms with E-state index < -0.39 is 11.2 Å². The maximum Gasteiger partial charge on any atom is 0.410 e. The fraction of sp³-hybridized carbons (Fsp3) is 0.536. The van der Waals surface area contributed by atoms with Gasteiger partial charge in [0, 0.05) is 87.7 Å². The topological polar surface area (TPSA) is 185 Å². The minimum Gasteiger partial charge on any atom is -0.501 e. The number of benzene rings is 1. The van der Waals surface area contributed by atoms with Crippen LogP contribution in [0.15, 0.2) is 66.9 Å². The number of hydrogen-bond donors (Lipinski definition) is 2. The minimum atomic E-state index is -0.486. The molecule has 3 aliphatic carbocycles. The highest BCUT2D eigenvalue weighted by atomic mass is 16.6. The third-order valence-corrected chi connectivity index (χ3v) is 14.4. The quantitative estimate of drug-likeness (QED) is 0.134. The lowest BCUT2D eigenvalue weighted by atomic mass is 9.85. The maximum atomic E-state index is 12.3. The molecule has 0 radical (unpaired) electrons. The summed E-state index contributed by atoms with van der Waals surface area (Å²) in [6.07, 6.45) is 18.6. The molecule has 394 valence electrons. The van der Waals surface area contributed by atoms with E-state index in [1.807, 2.05) is 103 Å². The smallest absolute Gasteiger partial charge is 0.410 e. The molecule has 0 spiro atoms. The average Bonchev–Trinajstić information content (AvgIpc) is 4.14. The van der Waals surface area contributed by atoms with E-state index in [-0.39, 0.29) is 12.2 Å². The van der Waals surface area contributed by atoms with Crippen molar-refractivity contribution >= 4 is 63.6 Å². The number of aromatic nitrogens is 6. The Labute approximate surface area is 435 Å². The molecule has 4 aromatic heterocycles. The van der Waals surface area contributed by atoms with Crippen molar-refractivity contribution < 1.29 is 28.5 Å². The third kappa shape index (κ3) is 12.7. The Kier molecular flexibility index (Phi) is 15.9. The highest BCUT2D eigenvalue weighted by molar-refractivity contribution is 5.85. The second-order valence-electron chi connectivity index (χ2n) is 21.8. The lowest BCUT2D eigenvalue weighted by molar-refractivity contribution is 0.0230. The first-order valence-electron chi connectivity index (χ1n) is 26.5. The van der Waals surface area contributed by atoms with Crippen LogP contribution in [0.4, 0.5) is 44.5 Å². The maximum absolute atomic E-state index is 12.3. The molecule has 4 fully saturated rings. The number of nitrogens with one attached hydrogen (secondary N) is 2. The van der Waals surface area contributed by atoms with Crippen LogP contribution in [0.3, 0.4) is 0 Å². The molecule has 6 heterocycles. The van der Waals surface area contributed by atoms with Gasteiger partial charge in [-0.25, -0.2) is 39.5 Å². The van der Waals surface area contributed by atoms with E-state index in [0.29, 0.717) is 61.5 Å². The van der Waals surface area contributed by atoms with Crippen molar-refractivity contribution in [2.75, 3.05) is 87.0 Å². The predicted molar refractivity (Wildman–Crippen MR) is 289 cm³/mol. The average molecular weight is 1010 g/mol. The Bertz CT molecular complexity index is 2770. The van der Waals surface area contributed by atoms with E-state index in [1.165, 1.54) is 55.2 Å². The molecule has 0 bridgehead atoms. The fourth-order valence-electron chi connectivity index (χ4n) is 10.7. The lowest BCUT2D eigenvalue weighted by Crippen LogP contribution is -2.50. The van der Waals surface area contributed by atoms with Gasteiger partial charge in [0.2, 0.25) is 11.9 Å². The summed E-state index contributed by atoms with van der Waals surface area (Å²) in [6.45, 7) is 16.7. The Morgan fingerprint density at radius 3 is 1.57 bits per heavy atom. The van der Waals surface area contributed by atoms with Gasteiger partial charge in [-0.15, -0.1) is 0 Å². The number of rotatable bonds is 10. The van der Waals surface area contributed by atoms with E-state index in [0.717, 1.165) is 91.3 Å². The summed E-state index contributed by atoms with van der Waals surface area (Å²) >= 11 is 0. The summed E-state index contributed by atoms with van der Waals surface area (Å²) in [6, 6.07) is 12.0. The van der Waals surface area contributed by atoms with Crippen LogP contribution >= 0.6 is 0 Å². The summed E-state index contributed by atoms with van der Waals surface area (Å²) in [4.78, 5) is 60.8. The SMILES string of the molecule is COC1=C(C2CCCC2)c2nc(Nc3ccc(N4CCN(C(=O)OC(C)(C)C)CC4)cn3)ncc2CC1.COc1ccc2cnc(Nc3ccc(N4CCN(C(=O)OC(C)(C)C)CC4)cn3)nc2c1C1CCCC1. The summed E-state index contributed by atoms with van der Waals surface area (Å²) < 4.78 is 22.5. The first-order valence-corrected chi connectivity index (χ1v) is 26.5. The molecule has 2 amide bonds. The Balaban J connectivity index is 0.000000182. The van der Waals surface area contributed by atoms with Gasteiger partial charge >= 0.3 is 12.2 Å². The highest BCUT2D eigenvalue weighted by Crippen LogP contribution is 2.44. The summed E-state index contributed by atoms with van der Waals surface area (Å²) in [7, 11) is 3.50. The molecule has 2 saturated carbocycles. The van der Waals surface area contributed by atoms with E-state index in [9.17, 15) is 9.59 Å². The van der Waals surface area contributed by atoms with Crippen molar-refractivity contribution in [3.05, 3.63) is 83.8 Å². The Morgan fingerprint density at radius 2 is 1.08 bits per heavy atom. The summed E-state index contributed by atoms with van der Waals surface area (Å²) in [5.74, 6) is 5.42. The van der Waals surface area contributed by atoms with Gasteiger partial charge in [0.25, 0.3) is 0 Å². The summed E-state index contributed by atoms with van der Waals surface area (Å²) in [5, 5.41) is 7.57. The van der Waals surface area contributed by atoms with Crippen LogP contribution < -0.4 is 25.2 Å². The molecule has 5 aromatic rings. The van der Waals surface area contributed by atoms with Crippen LogP contribution in [0.5, 0.6) is 5.75 Å². The molecule has 2 aliphatic heterocycles. The normalized spacial score (nSPS) is 17.7. The third-order valence-electron chi connectivity index (χ3n) is 14.4. The number of allylic oxidation sites excluding steroid dienone is 2.